The van der Waals surface area contributed by atoms with Crippen LogP contribution in [0.3, 0.4) is 0 Å². The minimum absolute atomic E-state index is 0.0808. The molecule has 0 radical (unpaired) electrons. The van der Waals surface area contributed by atoms with E-state index in [2.05, 4.69) is 4.99 Å². The number of fused-ring (bicyclic) bond motifs is 1. The summed E-state index contributed by atoms with van der Waals surface area (Å²) in [6, 6.07) is 14.5. The Labute approximate surface area is 199 Å². The number of carbonyl (C=O) groups is 3. The zero-order valence-corrected chi connectivity index (χ0v) is 19.9. The molecule has 2 aromatic carbocycles. The largest absolute Gasteiger partial charge is 0.460 e. The van der Waals surface area contributed by atoms with Gasteiger partial charge in [0.1, 0.15) is 6.61 Å². The molecule has 0 heterocycles. The van der Waals surface area contributed by atoms with E-state index >= 15 is 0 Å². The maximum atomic E-state index is 12.5. The molecule has 0 aromatic heterocycles. The molecular formula is C27H29N3O4. The summed E-state index contributed by atoms with van der Waals surface area (Å²) >= 11 is 0. The molecule has 7 nitrogen and oxygen atoms in total. The van der Waals surface area contributed by atoms with Crippen LogP contribution >= 0.6 is 0 Å². The van der Waals surface area contributed by atoms with E-state index in [1.54, 1.807) is 18.2 Å². The summed E-state index contributed by atoms with van der Waals surface area (Å²) in [6.07, 6.45) is 2.09. The number of likely N-dealkylation sites (N-methyl/N-ethyl adjacent to an activating group) is 1. The quantitative estimate of drug-likeness (QED) is 0.363. The lowest BCUT2D eigenvalue weighted by Crippen LogP contribution is -2.26. The van der Waals surface area contributed by atoms with Crippen molar-refractivity contribution in [1.82, 2.24) is 0 Å². The number of nitrogens with two attached hydrogens (primary N) is 1. The Balaban J connectivity index is 1.73. The number of esters is 1. The van der Waals surface area contributed by atoms with Crippen LogP contribution in [0, 0.1) is 0 Å². The van der Waals surface area contributed by atoms with E-state index in [1.807, 2.05) is 63.1 Å². The normalized spacial score (nSPS) is 13.7. The number of benzene rings is 2. The standard InChI is InChI=1S/C27H29N3O4/c1-5-20(17(2)3)27(33)34-15-14-30(4)19-12-10-18(11-13-19)29-24-16-23(26(28)32)25(31)22-9-7-6-8-21(22)24/h6-13,16H,5,14-15H2,1-4H3,(H2,28,32)/b29-24+. The first-order valence-corrected chi connectivity index (χ1v) is 11.1. The molecule has 1 aliphatic rings. The summed E-state index contributed by atoms with van der Waals surface area (Å²) in [5.74, 6) is -1.44. The van der Waals surface area contributed by atoms with Gasteiger partial charge in [-0.15, -0.1) is 0 Å². The van der Waals surface area contributed by atoms with Gasteiger partial charge < -0.3 is 15.4 Å². The molecular weight excluding hydrogens is 430 g/mol. The fourth-order valence-electron chi connectivity index (χ4n) is 3.72. The topological polar surface area (TPSA) is 102 Å². The van der Waals surface area contributed by atoms with Gasteiger partial charge in [0.05, 0.1) is 23.5 Å². The lowest BCUT2D eigenvalue weighted by molar-refractivity contribution is -0.138. The first kappa shape index (κ1) is 24.6. The molecule has 0 bridgehead atoms. The van der Waals surface area contributed by atoms with Crippen molar-refractivity contribution < 1.29 is 19.1 Å². The monoisotopic (exact) mass is 459 g/mol. The van der Waals surface area contributed by atoms with Crippen molar-refractivity contribution in [3.05, 3.63) is 82.5 Å². The minimum Gasteiger partial charge on any atom is -0.460 e. The van der Waals surface area contributed by atoms with Crippen LogP contribution < -0.4 is 10.6 Å². The number of hydrogen-bond acceptors (Lipinski definition) is 6. The zero-order chi connectivity index (χ0) is 24.8. The minimum atomic E-state index is -0.777. The zero-order valence-electron chi connectivity index (χ0n) is 19.9. The van der Waals surface area contributed by atoms with Gasteiger partial charge in [0.25, 0.3) is 5.91 Å². The highest BCUT2D eigenvalue weighted by Crippen LogP contribution is 2.25. The molecule has 2 aromatic rings. The van der Waals surface area contributed by atoms with Gasteiger partial charge in [0.15, 0.2) is 5.78 Å². The maximum absolute atomic E-state index is 12.5. The summed E-state index contributed by atoms with van der Waals surface area (Å²) in [6.45, 7) is 6.58. The van der Waals surface area contributed by atoms with Gasteiger partial charge in [0.2, 0.25) is 0 Å². The van der Waals surface area contributed by atoms with Crippen LogP contribution in [0.4, 0.5) is 11.4 Å². The Morgan fingerprint density at radius 1 is 1.03 bits per heavy atom. The Morgan fingerprint density at radius 2 is 1.68 bits per heavy atom. The van der Waals surface area contributed by atoms with Crippen molar-refractivity contribution in [2.24, 2.45) is 10.7 Å². The van der Waals surface area contributed by atoms with Crippen LogP contribution in [0.15, 0.2) is 76.3 Å². The molecule has 1 amide bonds. The van der Waals surface area contributed by atoms with Crippen LogP contribution in [0.5, 0.6) is 0 Å². The van der Waals surface area contributed by atoms with Gasteiger partial charge >= 0.3 is 5.97 Å². The summed E-state index contributed by atoms with van der Waals surface area (Å²) in [5, 5.41) is 0. The number of amides is 1. The fourth-order valence-corrected chi connectivity index (χ4v) is 3.72. The Morgan fingerprint density at radius 3 is 2.26 bits per heavy atom. The van der Waals surface area contributed by atoms with Crippen molar-refractivity contribution in [2.45, 2.75) is 27.2 Å². The summed E-state index contributed by atoms with van der Waals surface area (Å²) in [5.41, 5.74) is 10.2. The number of Topliss-reactive ketones (excluding diaryl/α,β-unsaturated/α-hetero) is 1. The highest BCUT2D eigenvalue weighted by Gasteiger charge is 2.27. The van der Waals surface area contributed by atoms with Crippen LogP contribution in [0.25, 0.3) is 0 Å². The summed E-state index contributed by atoms with van der Waals surface area (Å²) in [4.78, 5) is 43.1. The first-order chi connectivity index (χ1) is 16.2. The number of anilines is 1. The van der Waals surface area contributed by atoms with Crippen molar-refractivity contribution in [3.63, 3.8) is 0 Å². The number of rotatable bonds is 8. The van der Waals surface area contributed by atoms with Gasteiger partial charge in [-0.25, -0.2) is 9.79 Å². The van der Waals surface area contributed by atoms with E-state index in [0.29, 0.717) is 41.1 Å². The molecule has 3 rings (SSSR count). The number of nitrogens with zero attached hydrogens (tertiary/aromatic N) is 2. The third-order valence-electron chi connectivity index (χ3n) is 5.64. The molecule has 176 valence electrons. The van der Waals surface area contributed by atoms with Crippen LogP contribution in [0.1, 0.15) is 43.1 Å². The fraction of sp³-hybridized carbons (Fsp3) is 0.259. The third-order valence-corrected chi connectivity index (χ3v) is 5.64. The second kappa shape index (κ2) is 10.7. The second-order valence-corrected chi connectivity index (χ2v) is 8.20. The van der Waals surface area contributed by atoms with E-state index in [4.69, 9.17) is 10.5 Å². The molecule has 34 heavy (non-hydrogen) atoms. The Bertz CT molecular complexity index is 1200. The van der Waals surface area contributed by atoms with E-state index < -0.39 is 11.7 Å². The van der Waals surface area contributed by atoms with Crippen molar-refractivity contribution >= 4 is 34.7 Å². The molecule has 0 spiro atoms. The maximum Gasteiger partial charge on any atom is 0.333 e. The summed E-state index contributed by atoms with van der Waals surface area (Å²) in [7, 11) is 1.92. The van der Waals surface area contributed by atoms with Gasteiger partial charge in [-0.2, -0.15) is 0 Å². The molecule has 0 atom stereocenters. The van der Waals surface area contributed by atoms with E-state index in [0.717, 1.165) is 11.3 Å². The van der Waals surface area contributed by atoms with E-state index in [1.165, 1.54) is 6.08 Å². The molecule has 2 N–H and O–H groups in total. The molecule has 7 heteroatoms. The van der Waals surface area contributed by atoms with Crippen molar-refractivity contribution in [2.75, 3.05) is 25.1 Å². The number of carbonyl (C=O) groups excluding carboxylic acids is 3. The highest BCUT2D eigenvalue weighted by molar-refractivity contribution is 6.35. The second-order valence-electron chi connectivity index (χ2n) is 8.20. The van der Waals surface area contributed by atoms with Gasteiger partial charge in [-0.3, -0.25) is 9.59 Å². The predicted octanol–water partition coefficient (Wildman–Crippen LogP) is 4.14. The lowest BCUT2D eigenvalue weighted by Gasteiger charge is -2.20. The van der Waals surface area contributed by atoms with Crippen LogP contribution in [-0.4, -0.2) is 43.6 Å². The van der Waals surface area contributed by atoms with Gasteiger partial charge in [-0.1, -0.05) is 36.8 Å². The molecule has 0 unspecified atom stereocenters. The number of ether oxygens (including phenoxy) is 1. The Hall–Kier alpha value is -4.00. The number of hydrogen-bond donors (Lipinski definition) is 1. The number of aliphatic imine (C=N–C) groups is 1. The third kappa shape index (κ3) is 5.49. The van der Waals surface area contributed by atoms with Gasteiger partial charge in [0, 0.05) is 29.4 Å². The SMILES string of the molecule is CCC(C(=O)OCCN(C)c1ccc(/N=C2\C=C(C(N)=O)C(=O)c3ccccc32)cc1)=C(C)C. The molecule has 0 saturated heterocycles. The van der Waals surface area contributed by atoms with Crippen molar-refractivity contribution in [1.29, 1.82) is 0 Å². The number of ketones is 1. The molecule has 0 fully saturated rings. The average Bonchev–Trinajstić information content (AvgIpc) is 2.81. The smallest absolute Gasteiger partial charge is 0.333 e. The summed E-state index contributed by atoms with van der Waals surface area (Å²) < 4.78 is 5.41. The molecule has 1 aliphatic carbocycles. The first-order valence-electron chi connectivity index (χ1n) is 11.1. The van der Waals surface area contributed by atoms with Crippen LogP contribution in [0.2, 0.25) is 0 Å². The highest BCUT2D eigenvalue weighted by atomic mass is 16.5. The van der Waals surface area contributed by atoms with Crippen molar-refractivity contribution in [3.8, 4) is 0 Å². The number of primary amides is 1. The Kier molecular flexibility index (Phi) is 7.79. The average molecular weight is 460 g/mol. The van der Waals surface area contributed by atoms with Gasteiger partial charge in [-0.05, 0) is 50.6 Å². The number of allylic oxidation sites excluding steroid dienone is 2. The van der Waals surface area contributed by atoms with Crippen LogP contribution in [-0.2, 0) is 14.3 Å². The van der Waals surface area contributed by atoms with E-state index in [9.17, 15) is 14.4 Å². The molecule has 0 saturated carbocycles. The lowest BCUT2D eigenvalue weighted by atomic mass is 9.88. The van der Waals surface area contributed by atoms with E-state index in [-0.39, 0.29) is 18.1 Å². The molecule has 0 aliphatic heterocycles. The predicted molar refractivity (Wildman–Crippen MR) is 134 cm³/mol.